The molecule has 0 unspecified atom stereocenters. The molecule has 130 valence electrons. The van der Waals surface area contributed by atoms with Gasteiger partial charge in [0.25, 0.3) is 0 Å². The summed E-state index contributed by atoms with van der Waals surface area (Å²) in [5.74, 6) is 1.40. The summed E-state index contributed by atoms with van der Waals surface area (Å²) in [6, 6.07) is 5.85. The Morgan fingerprint density at radius 1 is 1.28 bits per heavy atom. The van der Waals surface area contributed by atoms with Crippen molar-refractivity contribution >= 4 is 28.5 Å². The summed E-state index contributed by atoms with van der Waals surface area (Å²) in [4.78, 5) is 18.8. The lowest BCUT2D eigenvalue weighted by Gasteiger charge is -2.31. The number of amides is 1. The molecule has 1 amide bonds. The van der Waals surface area contributed by atoms with Gasteiger partial charge in [-0.05, 0) is 36.6 Å². The van der Waals surface area contributed by atoms with Gasteiger partial charge in [0.2, 0.25) is 12.7 Å². The van der Waals surface area contributed by atoms with Crippen molar-refractivity contribution in [2.24, 2.45) is 0 Å². The summed E-state index contributed by atoms with van der Waals surface area (Å²) in [5.41, 5.74) is 0.915. The van der Waals surface area contributed by atoms with Crippen molar-refractivity contribution in [3.05, 3.63) is 41.4 Å². The van der Waals surface area contributed by atoms with Crippen LogP contribution in [-0.2, 0) is 4.79 Å². The quantitative estimate of drug-likeness (QED) is 0.853. The van der Waals surface area contributed by atoms with Crippen LogP contribution in [0.25, 0.3) is 6.08 Å². The van der Waals surface area contributed by atoms with E-state index in [-0.39, 0.29) is 18.7 Å². The molecule has 2 aromatic rings. The van der Waals surface area contributed by atoms with Gasteiger partial charge in [-0.2, -0.15) is 0 Å². The fraction of sp³-hybridized carbons (Fsp3) is 0.333. The minimum Gasteiger partial charge on any atom is -0.454 e. The van der Waals surface area contributed by atoms with E-state index in [0.717, 1.165) is 48.1 Å². The largest absolute Gasteiger partial charge is 0.454 e. The highest BCUT2D eigenvalue weighted by molar-refractivity contribution is 7.13. The Hall–Kier alpha value is -2.54. The number of fused-ring (bicyclic) bond motifs is 1. The van der Waals surface area contributed by atoms with Gasteiger partial charge in [0.1, 0.15) is 0 Å². The molecule has 1 fully saturated rings. The standard InChI is InChI=1S/C18H19N3O3S/c22-17(4-2-13-1-3-15-16(11-13)24-12-23-15)20-14-5-8-21(9-6-14)18-19-7-10-25-18/h1-4,7,10-11,14H,5-6,8-9,12H2,(H,20,22)/b4-2+. The maximum atomic E-state index is 12.2. The lowest BCUT2D eigenvalue weighted by atomic mass is 10.1. The minimum absolute atomic E-state index is 0.0645. The number of carbonyl (C=O) groups excluding carboxylic acids is 1. The lowest BCUT2D eigenvalue weighted by Crippen LogP contribution is -2.44. The molecule has 1 N–H and O–H groups in total. The van der Waals surface area contributed by atoms with E-state index >= 15 is 0 Å². The second-order valence-electron chi connectivity index (χ2n) is 6.03. The van der Waals surface area contributed by atoms with Crippen molar-refractivity contribution in [1.82, 2.24) is 10.3 Å². The molecule has 1 saturated heterocycles. The molecular weight excluding hydrogens is 338 g/mol. The number of benzene rings is 1. The van der Waals surface area contributed by atoms with Crippen LogP contribution in [0, 0.1) is 0 Å². The molecule has 3 heterocycles. The average molecular weight is 357 g/mol. The summed E-state index contributed by atoms with van der Waals surface area (Å²) in [6.07, 6.45) is 7.06. The second-order valence-corrected chi connectivity index (χ2v) is 6.90. The van der Waals surface area contributed by atoms with Crippen LogP contribution in [0.15, 0.2) is 35.9 Å². The van der Waals surface area contributed by atoms with Crippen LogP contribution in [0.4, 0.5) is 5.13 Å². The first-order valence-electron chi connectivity index (χ1n) is 8.30. The zero-order chi connectivity index (χ0) is 17.1. The van der Waals surface area contributed by atoms with Crippen LogP contribution < -0.4 is 19.7 Å². The number of nitrogens with one attached hydrogen (secondary N) is 1. The maximum Gasteiger partial charge on any atom is 0.244 e. The van der Waals surface area contributed by atoms with Crippen molar-refractivity contribution in [2.75, 3.05) is 24.8 Å². The summed E-state index contributed by atoms with van der Waals surface area (Å²) >= 11 is 1.66. The normalized spacial score (nSPS) is 17.2. The first kappa shape index (κ1) is 16.0. The molecule has 1 aromatic heterocycles. The summed E-state index contributed by atoms with van der Waals surface area (Å²) in [6.45, 7) is 2.09. The van der Waals surface area contributed by atoms with E-state index in [9.17, 15) is 4.79 Å². The molecule has 0 radical (unpaired) electrons. The Kier molecular flexibility index (Phi) is 4.56. The number of aromatic nitrogens is 1. The fourth-order valence-corrected chi connectivity index (χ4v) is 3.72. The number of piperidine rings is 1. The predicted octanol–water partition coefficient (Wildman–Crippen LogP) is 2.67. The van der Waals surface area contributed by atoms with Crippen LogP contribution in [0.3, 0.4) is 0 Å². The minimum atomic E-state index is -0.0645. The monoisotopic (exact) mass is 357 g/mol. The number of carbonyl (C=O) groups is 1. The molecule has 2 aliphatic heterocycles. The Bertz CT molecular complexity index is 768. The number of anilines is 1. The molecule has 0 aliphatic carbocycles. The van der Waals surface area contributed by atoms with Crippen molar-refractivity contribution < 1.29 is 14.3 Å². The third-order valence-electron chi connectivity index (χ3n) is 4.35. The SMILES string of the molecule is O=C(/C=C/c1ccc2c(c1)OCO2)NC1CCN(c2nccs2)CC1. The van der Waals surface area contributed by atoms with Crippen LogP contribution >= 0.6 is 11.3 Å². The van der Waals surface area contributed by atoms with E-state index in [1.165, 1.54) is 0 Å². The average Bonchev–Trinajstić information content (AvgIpc) is 3.32. The number of hydrogen-bond acceptors (Lipinski definition) is 6. The first-order valence-corrected chi connectivity index (χ1v) is 9.18. The topological polar surface area (TPSA) is 63.7 Å². The zero-order valence-electron chi connectivity index (χ0n) is 13.7. The third kappa shape index (κ3) is 3.76. The lowest BCUT2D eigenvalue weighted by molar-refractivity contribution is -0.117. The van der Waals surface area contributed by atoms with Crippen LogP contribution in [0.1, 0.15) is 18.4 Å². The van der Waals surface area contributed by atoms with Gasteiger partial charge in [0, 0.05) is 36.8 Å². The fourth-order valence-electron chi connectivity index (χ4n) is 3.03. The first-order chi connectivity index (χ1) is 12.3. The van der Waals surface area contributed by atoms with Crippen LogP contribution in [0.2, 0.25) is 0 Å². The van der Waals surface area contributed by atoms with Crippen molar-refractivity contribution in [3.8, 4) is 11.5 Å². The van der Waals surface area contributed by atoms with Gasteiger partial charge >= 0.3 is 0 Å². The van der Waals surface area contributed by atoms with Gasteiger partial charge in [0.05, 0.1) is 0 Å². The third-order valence-corrected chi connectivity index (χ3v) is 5.19. The van der Waals surface area contributed by atoms with Crippen LogP contribution in [-0.4, -0.2) is 36.8 Å². The highest BCUT2D eigenvalue weighted by Gasteiger charge is 2.21. The number of ether oxygens (including phenoxy) is 2. The molecule has 2 aliphatic rings. The second kappa shape index (κ2) is 7.14. The summed E-state index contributed by atoms with van der Waals surface area (Å²) in [5, 5.41) is 6.13. The zero-order valence-corrected chi connectivity index (χ0v) is 14.5. The van der Waals surface area contributed by atoms with E-state index in [0.29, 0.717) is 0 Å². The Morgan fingerprint density at radius 3 is 2.92 bits per heavy atom. The number of thiazole rings is 1. The summed E-state index contributed by atoms with van der Waals surface area (Å²) in [7, 11) is 0. The van der Waals surface area contributed by atoms with E-state index in [2.05, 4.69) is 15.2 Å². The molecule has 1 aromatic carbocycles. The van der Waals surface area contributed by atoms with E-state index in [1.54, 1.807) is 23.5 Å². The molecule has 7 heteroatoms. The molecule has 4 rings (SSSR count). The Labute approximate surface area is 150 Å². The van der Waals surface area contributed by atoms with Gasteiger partial charge in [-0.3, -0.25) is 4.79 Å². The van der Waals surface area contributed by atoms with Crippen molar-refractivity contribution in [1.29, 1.82) is 0 Å². The van der Waals surface area contributed by atoms with Crippen molar-refractivity contribution in [2.45, 2.75) is 18.9 Å². The molecule has 0 spiro atoms. The Balaban J connectivity index is 1.28. The van der Waals surface area contributed by atoms with Crippen LogP contribution in [0.5, 0.6) is 11.5 Å². The Morgan fingerprint density at radius 2 is 2.12 bits per heavy atom. The van der Waals surface area contributed by atoms with Gasteiger partial charge in [-0.1, -0.05) is 6.07 Å². The molecule has 0 atom stereocenters. The van der Waals surface area contributed by atoms with Gasteiger partial charge < -0.3 is 19.7 Å². The van der Waals surface area contributed by atoms with Crippen molar-refractivity contribution in [3.63, 3.8) is 0 Å². The van der Waals surface area contributed by atoms with E-state index in [4.69, 9.17) is 9.47 Å². The van der Waals surface area contributed by atoms with Gasteiger partial charge in [0.15, 0.2) is 16.6 Å². The molecular formula is C18H19N3O3S. The van der Waals surface area contributed by atoms with E-state index < -0.39 is 0 Å². The molecule has 6 nitrogen and oxygen atoms in total. The predicted molar refractivity (Wildman–Crippen MR) is 97.1 cm³/mol. The maximum absolute atomic E-state index is 12.2. The highest BCUT2D eigenvalue weighted by atomic mass is 32.1. The number of nitrogens with zero attached hydrogens (tertiary/aromatic N) is 2. The number of rotatable bonds is 4. The molecule has 0 saturated carbocycles. The molecule has 0 bridgehead atoms. The van der Waals surface area contributed by atoms with E-state index in [1.807, 2.05) is 29.8 Å². The van der Waals surface area contributed by atoms with Gasteiger partial charge in [-0.15, -0.1) is 11.3 Å². The highest BCUT2D eigenvalue weighted by Crippen LogP contribution is 2.32. The number of hydrogen-bond donors (Lipinski definition) is 1. The smallest absolute Gasteiger partial charge is 0.244 e. The summed E-state index contributed by atoms with van der Waals surface area (Å²) < 4.78 is 10.6. The molecule has 25 heavy (non-hydrogen) atoms. The van der Waals surface area contributed by atoms with Gasteiger partial charge in [-0.25, -0.2) is 4.98 Å².